The number of fused-ring (bicyclic) bond motifs is 2. The van der Waals surface area contributed by atoms with Crippen molar-refractivity contribution in [2.45, 2.75) is 21.1 Å². The summed E-state index contributed by atoms with van der Waals surface area (Å²) >= 11 is 1.69. The summed E-state index contributed by atoms with van der Waals surface area (Å²) in [7, 11) is -0.362. The van der Waals surface area contributed by atoms with Crippen LogP contribution in [0.15, 0.2) is 63.2 Å². The normalized spacial score (nSPS) is 18.7. The lowest BCUT2D eigenvalue weighted by Gasteiger charge is -2.34. The smallest absolute Gasteiger partial charge is 0.242 e. The molecule has 0 bridgehead atoms. The van der Waals surface area contributed by atoms with Crippen LogP contribution in [-0.4, -0.2) is 87.6 Å². The quantitative estimate of drug-likeness (QED) is 0.569. The zero-order valence-corrected chi connectivity index (χ0v) is 20.3. The molecule has 2 aliphatic rings. The topological polar surface area (TPSA) is 64.1 Å². The van der Waals surface area contributed by atoms with Crippen molar-refractivity contribution in [2.24, 2.45) is 0 Å². The number of piperazine rings is 1. The third kappa shape index (κ3) is 4.95. The van der Waals surface area contributed by atoms with Gasteiger partial charge in [0.15, 0.2) is 0 Å². The number of hydrogen-bond acceptors (Lipinski definition) is 6. The van der Waals surface area contributed by atoms with Gasteiger partial charge in [0, 0.05) is 63.2 Å². The monoisotopic (exact) mass is 473 g/mol. The number of hydrogen-bond donors (Lipinski definition) is 1. The Morgan fingerprint density at radius 2 is 1.62 bits per heavy atom. The maximum atomic E-state index is 12.7. The minimum atomic E-state index is -3.49. The van der Waals surface area contributed by atoms with Crippen LogP contribution in [0.5, 0.6) is 0 Å². The van der Waals surface area contributed by atoms with Gasteiger partial charge < -0.3 is 10.0 Å². The molecule has 172 valence electrons. The van der Waals surface area contributed by atoms with Crippen molar-refractivity contribution in [1.82, 2.24) is 14.1 Å². The summed E-state index contributed by atoms with van der Waals surface area (Å²) in [5, 5.41) is 9.13. The number of aliphatic hydroxyl groups excluding tert-OH is 1. The van der Waals surface area contributed by atoms with Gasteiger partial charge >= 0.3 is 0 Å². The maximum Gasteiger partial charge on any atom is 0.242 e. The maximum absolute atomic E-state index is 12.7. The predicted octanol–water partition coefficient (Wildman–Crippen LogP) is 2.83. The summed E-state index contributed by atoms with van der Waals surface area (Å²) in [6, 6.07) is 13.8. The van der Waals surface area contributed by atoms with Crippen molar-refractivity contribution in [2.75, 3.05) is 60.0 Å². The molecule has 6 nitrogen and oxygen atoms in total. The molecule has 0 aliphatic carbocycles. The molecule has 8 heteroatoms. The zero-order chi connectivity index (χ0) is 22.7. The highest BCUT2D eigenvalue weighted by Crippen LogP contribution is 2.46. The molecule has 0 aromatic heterocycles. The Morgan fingerprint density at radius 1 is 0.969 bits per heavy atom. The lowest BCUT2D eigenvalue weighted by molar-refractivity contribution is 0.114. The van der Waals surface area contributed by atoms with E-state index < -0.39 is 10.0 Å². The van der Waals surface area contributed by atoms with Crippen molar-refractivity contribution in [3.8, 4) is 0 Å². The van der Waals surface area contributed by atoms with E-state index in [4.69, 9.17) is 5.11 Å². The third-order valence-corrected chi connectivity index (χ3v) is 9.05. The second-order valence-corrected chi connectivity index (χ2v) is 11.6. The van der Waals surface area contributed by atoms with Crippen LogP contribution in [0.3, 0.4) is 0 Å². The highest BCUT2D eigenvalue weighted by molar-refractivity contribution is 7.99. The highest BCUT2D eigenvalue weighted by Gasteiger charge is 2.25. The average Bonchev–Trinajstić information content (AvgIpc) is 2.79. The first kappa shape index (κ1) is 23.5. The van der Waals surface area contributed by atoms with Gasteiger partial charge in [-0.15, -0.1) is 0 Å². The fourth-order valence-corrected chi connectivity index (χ4v) is 6.23. The fraction of sp³-hybridized carbons (Fsp3) is 0.417. The van der Waals surface area contributed by atoms with E-state index in [1.165, 1.54) is 9.20 Å². The van der Waals surface area contributed by atoms with E-state index in [1.54, 1.807) is 31.9 Å². The van der Waals surface area contributed by atoms with E-state index >= 15 is 0 Å². The SMILES string of the molecule is CN(C)S(=O)(=O)c1ccc2c(c1)/C(=C/CCN1CCN(CCO)CC1)c1ccccc1S2. The van der Waals surface area contributed by atoms with Gasteiger partial charge in [0.05, 0.1) is 11.5 Å². The summed E-state index contributed by atoms with van der Waals surface area (Å²) in [4.78, 5) is 7.37. The van der Waals surface area contributed by atoms with Gasteiger partial charge in [0.2, 0.25) is 10.0 Å². The van der Waals surface area contributed by atoms with Gasteiger partial charge in [-0.1, -0.05) is 36.0 Å². The Labute approximate surface area is 195 Å². The lowest BCUT2D eigenvalue weighted by Crippen LogP contribution is -2.47. The average molecular weight is 474 g/mol. The van der Waals surface area contributed by atoms with Crippen LogP contribution in [0.25, 0.3) is 5.57 Å². The molecule has 0 radical (unpaired) electrons. The van der Waals surface area contributed by atoms with Crippen LogP contribution in [-0.2, 0) is 10.0 Å². The van der Waals surface area contributed by atoms with Crippen LogP contribution in [0.4, 0.5) is 0 Å². The molecule has 0 amide bonds. The fourth-order valence-electron chi connectivity index (χ4n) is 4.21. The summed E-state index contributed by atoms with van der Waals surface area (Å²) in [6.45, 7) is 5.94. The molecule has 0 unspecified atom stereocenters. The minimum absolute atomic E-state index is 0.217. The standard InChI is InChI=1S/C24H31N3O3S2/c1-25(2)32(29,30)19-9-10-24-22(18-19)20(21-6-3-4-8-23(21)31-24)7-5-11-26-12-14-27(15-13-26)16-17-28/h3-4,6-10,18,28H,5,11-17H2,1-2H3/b20-7+. The molecule has 2 aromatic carbocycles. The summed E-state index contributed by atoms with van der Waals surface area (Å²) in [5.41, 5.74) is 3.27. The largest absolute Gasteiger partial charge is 0.395 e. The molecule has 0 saturated carbocycles. The molecule has 32 heavy (non-hydrogen) atoms. The second kappa shape index (κ2) is 10.1. The number of rotatable bonds is 7. The van der Waals surface area contributed by atoms with E-state index in [2.05, 4.69) is 28.0 Å². The Hall–Kier alpha value is -1.68. The lowest BCUT2D eigenvalue weighted by atomic mass is 9.96. The molecule has 1 saturated heterocycles. The Balaban J connectivity index is 1.59. The molecular weight excluding hydrogens is 442 g/mol. The number of nitrogens with zero attached hydrogens (tertiary/aromatic N) is 3. The van der Waals surface area contributed by atoms with Crippen molar-refractivity contribution in [3.05, 3.63) is 59.7 Å². The van der Waals surface area contributed by atoms with Crippen molar-refractivity contribution < 1.29 is 13.5 Å². The number of aliphatic hydroxyl groups is 1. The van der Waals surface area contributed by atoms with Gasteiger partial charge in [-0.05, 0) is 47.4 Å². The van der Waals surface area contributed by atoms with E-state index in [9.17, 15) is 8.42 Å². The molecule has 1 N–H and O–H groups in total. The van der Waals surface area contributed by atoms with E-state index in [0.717, 1.165) is 67.3 Å². The number of sulfonamides is 1. The third-order valence-electron chi connectivity index (χ3n) is 6.09. The Morgan fingerprint density at radius 3 is 2.31 bits per heavy atom. The molecule has 2 aromatic rings. The van der Waals surface area contributed by atoms with Crippen molar-refractivity contribution in [3.63, 3.8) is 0 Å². The molecule has 4 rings (SSSR count). The van der Waals surface area contributed by atoms with Gasteiger partial charge in [-0.25, -0.2) is 12.7 Å². The Kier molecular flexibility index (Phi) is 7.39. The number of β-amino-alcohol motifs (C(OH)–C–C–N with tert-alkyl or cyclic N) is 1. The zero-order valence-electron chi connectivity index (χ0n) is 18.7. The van der Waals surface area contributed by atoms with Gasteiger partial charge in [0.25, 0.3) is 0 Å². The van der Waals surface area contributed by atoms with E-state index in [-0.39, 0.29) is 6.61 Å². The molecule has 2 heterocycles. The molecular formula is C24H31N3O3S2. The highest BCUT2D eigenvalue weighted by atomic mass is 32.2. The molecule has 2 aliphatic heterocycles. The van der Waals surface area contributed by atoms with Crippen molar-refractivity contribution in [1.29, 1.82) is 0 Å². The first-order valence-electron chi connectivity index (χ1n) is 11.0. The van der Waals surface area contributed by atoms with Crippen LogP contribution in [0.2, 0.25) is 0 Å². The van der Waals surface area contributed by atoms with Crippen LogP contribution < -0.4 is 0 Å². The second-order valence-electron chi connectivity index (χ2n) is 8.36. The summed E-state index contributed by atoms with van der Waals surface area (Å²) < 4.78 is 26.7. The van der Waals surface area contributed by atoms with Crippen LogP contribution in [0, 0.1) is 0 Å². The predicted molar refractivity (Wildman–Crippen MR) is 130 cm³/mol. The first-order chi connectivity index (χ1) is 15.4. The van der Waals surface area contributed by atoms with E-state index in [0.29, 0.717) is 4.90 Å². The number of benzene rings is 2. The summed E-state index contributed by atoms with van der Waals surface area (Å²) in [5.74, 6) is 0. The van der Waals surface area contributed by atoms with E-state index in [1.807, 2.05) is 24.3 Å². The van der Waals surface area contributed by atoms with Gasteiger partial charge in [-0.2, -0.15) is 0 Å². The molecule has 0 spiro atoms. The minimum Gasteiger partial charge on any atom is -0.395 e. The van der Waals surface area contributed by atoms with Crippen LogP contribution in [0.1, 0.15) is 17.5 Å². The van der Waals surface area contributed by atoms with Gasteiger partial charge in [0.1, 0.15) is 0 Å². The van der Waals surface area contributed by atoms with Crippen molar-refractivity contribution >= 4 is 27.4 Å². The first-order valence-corrected chi connectivity index (χ1v) is 13.3. The van der Waals surface area contributed by atoms with Crippen LogP contribution >= 0.6 is 11.8 Å². The summed E-state index contributed by atoms with van der Waals surface area (Å²) in [6.07, 6.45) is 3.17. The molecule has 1 fully saturated rings. The van der Waals surface area contributed by atoms with Gasteiger partial charge in [-0.3, -0.25) is 4.90 Å². The molecule has 0 atom stereocenters. The Bertz CT molecular complexity index is 1090.